The number of morpholine rings is 1. The van der Waals surface area contributed by atoms with Crippen molar-refractivity contribution in [3.8, 4) is 5.75 Å². The van der Waals surface area contributed by atoms with Crippen LogP contribution >= 0.6 is 0 Å². The van der Waals surface area contributed by atoms with Crippen LogP contribution in [-0.2, 0) is 4.74 Å². The number of hydrogen-bond acceptors (Lipinski definition) is 5. The fourth-order valence-electron chi connectivity index (χ4n) is 3.48. The molecule has 0 bridgehead atoms. The summed E-state index contributed by atoms with van der Waals surface area (Å²) in [6.07, 6.45) is 4.21. The number of carbonyl (C=O) groups is 1. The Morgan fingerprint density at radius 3 is 2.57 bits per heavy atom. The summed E-state index contributed by atoms with van der Waals surface area (Å²) in [5.41, 5.74) is 6.30. The second kappa shape index (κ2) is 7.19. The largest absolute Gasteiger partial charge is 0.506 e. The van der Waals surface area contributed by atoms with Gasteiger partial charge in [0.05, 0.1) is 18.9 Å². The van der Waals surface area contributed by atoms with Crippen molar-refractivity contribution in [2.45, 2.75) is 37.8 Å². The minimum absolute atomic E-state index is 0.0475. The normalized spacial score (nSPS) is 25.9. The maximum Gasteiger partial charge on any atom is 0.251 e. The van der Waals surface area contributed by atoms with Crippen LogP contribution in [0.25, 0.3) is 0 Å². The molecule has 1 aromatic carbocycles. The van der Waals surface area contributed by atoms with Crippen LogP contribution in [-0.4, -0.2) is 54.3 Å². The number of phenols is 1. The Hall–Kier alpha value is -1.79. The van der Waals surface area contributed by atoms with E-state index in [1.165, 1.54) is 6.07 Å². The predicted molar refractivity (Wildman–Crippen MR) is 88.4 cm³/mol. The minimum Gasteiger partial charge on any atom is -0.506 e. The van der Waals surface area contributed by atoms with Crippen molar-refractivity contribution in [3.05, 3.63) is 23.8 Å². The molecule has 1 heterocycles. The van der Waals surface area contributed by atoms with Gasteiger partial charge >= 0.3 is 0 Å². The first-order valence-electron chi connectivity index (χ1n) is 8.34. The van der Waals surface area contributed by atoms with Crippen LogP contribution in [0.15, 0.2) is 18.2 Å². The van der Waals surface area contributed by atoms with Crippen molar-refractivity contribution in [2.24, 2.45) is 0 Å². The number of rotatable bonds is 3. The highest BCUT2D eigenvalue weighted by Crippen LogP contribution is 2.25. The van der Waals surface area contributed by atoms with Gasteiger partial charge in [0.2, 0.25) is 0 Å². The zero-order chi connectivity index (χ0) is 16.2. The van der Waals surface area contributed by atoms with Crippen molar-refractivity contribution in [2.75, 3.05) is 32.0 Å². The summed E-state index contributed by atoms with van der Waals surface area (Å²) in [6, 6.07) is 5.44. The van der Waals surface area contributed by atoms with Gasteiger partial charge in [-0.2, -0.15) is 0 Å². The molecule has 0 spiro atoms. The summed E-state index contributed by atoms with van der Waals surface area (Å²) in [6.45, 7) is 3.70. The first-order valence-corrected chi connectivity index (χ1v) is 8.34. The number of nitrogens with one attached hydrogen (secondary N) is 1. The molecular weight excluding hydrogens is 294 g/mol. The topological polar surface area (TPSA) is 87.8 Å². The maximum atomic E-state index is 12.3. The molecular formula is C17H25N3O3. The van der Waals surface area contributed by atoms with E-state index in [2.05, 4.69) is 10.2 Å². The number of benzene rings is 1. The van der Waals surface area contributed by atoms with Crippen LogP contribution in [0.3, 0.4) is 0 Å². The van der Waals surface area contributed by atoms with E-state index >= 15 is 0 Å². The van der Waals surface area contributed by atoms with Gasteiger partial charge < -0.3 is 20.9 Å². The van der Waals surface area contributed by atoms with Crippen molar-refractivity contribution >= 4 is 11.6 Å². The van der Waals surface area contributed by atoms with Crippen LogP contribution in [0, 0.1) is 0 Å². The molecule has 6 heteroatoms. The molecule has 23 heavy (non-hydrogen) atoms. The third-order valence-corrected chi connectivity index (χ3v) is 4.89. The summed E-state index contributed by atoms with van der Waals surface area (Å²) in [4.78, 5) is 14.8. The van der Waals surface area contributed by atoms with Crippen molar-refractivity contribution in [3.63, 3.8) is 0 Å². The van der Waals surface area contributed by atoms with E-state index in [9.17, 15) is 9.90 Å². The van der Waals surface area contributed by atoms with E-state index in [0.29, 0.717) is 11.6 Å². The standard InChI is InChI=1S/C17H25N3O3/c18-15-6-1-12(11-16(15)21)17(22)19-13-2-4-14(5-3-13)20-7-9-23-10-8-20/h1,6,11,13-14,21H,2-5,7-10,18H2,(H,19,22)/t13-,14-. The van der Waals surface area contributed by atoms with Crippen molar-refractivity contribution in [1.29, 1.82) is 0 Å². The molecule has 1 saturated heterocycles. The van der Waals surface area contributed by atoms with Crippen LogP contribution in [0.2, 0.25) is 0 Å². The molecule has 1 aliphatic carbocycles. The lowest BCUT2D eigenvalue weighted by Gasteiger charge is -2.38. The fourth-order valence-corrected chi connectivity index (χ4v) is 3.48. The lowest BCUT2D eigenvalue weighted by molar-refractivity contribution is 0.00664. The molecule has 0 radical (unpaired) electrons. The van der Waals surface area contributed by atoms with Gasteiger partial charge in [0.1, 0.15) is 5.75 Å². The van der Waals surface area contributed by atoms with Gasteiger partial charge in [-0.3, -0.25) is 9.69 Å². The van der Waals surface area contributed by atoms with Gasteiger partial charge in [0.25, 0.3) is 5.91 Å². The molecule has 2 fully saturated rings. The SMILES string of the molecule is Nc1ccc(C(=O)N[C@H]2CC[C@H](N3CCOCC3)CC2)cc1O. The zero-order valence-corrected chi connectivity index (χ0v) is 13.3. The molecule has 4 N–H and O–H groups in total. The lowest BCUT2D eigenvalue weighted by Crippen LogP contribution is -2.47. The van der Waals surface area contributed by atoms with Crippen LogP contribution in [0.5, 0.6) is 5.75 Å². The molecule has 126 valence electrons. The number of nitrogen functional groups attached to an aromatic ring is 1. The van der Waals surface area contributed by atoms with Gasteiger partial charge in [-0.1, -0.05) is 0 Å². The Morgan fingerprint density at radius 1 is 1.22 bits per heavy atom. The van der Waals surface area contributed by atoms with Crippen molar-refractivity contribution < 1.29 is 14.6 Å². The molecule has 3 rings (SSSR count). The Labute approximate surface area is 136 Å². The van der Waals surface area contributed by atoms with E-state index in [0.717, 1.165) is 52.0 Å². The number of anilines is 1. The highest BCUT2D eigenvalue weighted by molar-refractivity contribution is 5.95. The summed E-state index contributed by atoms with van der Waals surface area (Å²) >= 11 is 0. The van der Waals surface area contributed by atoms with Gasteiger partial charge in [0, 0.05) is 30.7 Å². The number of phenolic OH excluding ortho intramolecular Hbond substituents is 1. The average molecular weight is 319 g/mol. The zero-order valence-electron chi connectivity index (χ0n) is 13.3. The van der Waals surface area contributed by atoms with E-state index in [4.69, 9.17) is 10.5 Å². The quantitative estimate of drug-likeness (QED) is 0.578. The number of carbonyl (C=O) groups excluding carboxylic acids is 1. The number of aromatic hydroxyl groups is 1. The lowest BCUT2D eigenvalue weighted by atomic mass is 9.89. The molecule has 1 amide bonds. The van der Waals surface area contributed by atoms with E-state index in [1.807, 2.05) is 0 Å². The Bertz CT molecular complexity index is 550. The van der Waals surface area contributed by atoms with Gasteiger partial charge in [-0.05, 0) is 43.9 Å². The average Bonchev–Trinajstić information content (AvgIpc) is 2.59. The second-order valence-electron chi connectivity index (χ2n) is 6.40. The van der Waals surface area contributed by atoms with Gasteiger partial charge in [-0.15, -0.1) is 0 Å². The predicted octanol–water partition coefficient (Wildman–Crippen LogP) is 1.35. The van der Waals surface area contributed by atoms with E-state index < -0.39 is 0 Å². The van der Waals surface area contributed by atoms with Crippen molar-refractivity contribution in [1.82, 2.24) is 10.2 Å². The van der Waals surface area contributed by atoms with Gasteiger partial charge in [0.15, 0.2) is 0 Å². The third-order valence-electron chi connectivity index (χ3n) is 4.89. The monoisotopic (exact) mass is 319 g/mol. The summed E-state index contributed by atoms with van der Waals surface area (Å²) in [5.74, 6) is -0.191. The molecule has 1 aromatic rings. The number of nitrogens with zero attached hydrogens (tertiary/aromatic N) is 1. The smallest absolute Gasteiger partial charge is 0.251 e. The second-order valence-corrected chi connectivity index (χ2v) is 6.40. The first-order chi connectivity index (χ1) is 11.1. The summed E-state index contributed by atoms with van der Waals surface area (Å²) in [7, 11) is 0. The number of nitrogens with two attached hydrogens (primary N) is 1. The number of hydrogen-bond donors (Lipinski definition) is 3. The molecule has 0 aromatic heterocycles. The summed E-state index contributed by atoms with van der Waals surface area (Å²) < 4.78 is 5.40. The third kappa shape index (κ3) is 3.95. The van der Waals surface area contributed by atoms with E-state index in [1.54, 1.807) is 12.1 Å². The molecule has 1 aliphatic heterocycles. The Kier molecular flexibility index (Phi) is 5.03. The van der Waals surface area contributed by atoms with E-state index in [-0.39, 0.29) is 23.4 Å². The highest BCUT2D eigenvalue weighted by Gasteiger charge is 2.27. The number of amides is 1. The minimum atomic E-state index is -0.143. The Morgan fingerprint density at radius 2 is 1.91 bits per heavy atom. The fraction of sp³-hybridized carbons (Fsp3) is 0.588. The summed E-state index contributed by atoms with van der Waals surface area (Å²) in [5, 5.41) is 12.7. The maximum absolute atomic E-state index is 12.3. The molecule has 1 saturated carbocycles. The number of ether oxygens (including phenoxy) is 1. The molecule has 2 aliphatic rings. The van der Waals surface area contributed by atoms with Crippen LogP contribution in [0.4, 0.5) is 5.69 Å². The Balaban J connectivity index is 1.49. The van der Waals surface area contributed by atoms with Crippen LogP contribution in [0.1, 0.15) is 36.0 Å². The molecule has 0 unspecified atom stereocenters. The highest BCUT2D eigenvalue weighted by atomic mass is 16.5. The van der Waals surface area contributed by atoms with Crippen LogP contribution < -0.4 is 11.1 Å². The molecule has 0 atom stereocenters. The van der Waals surface area contributed by atoms with Gasteiger partial charge in [-0.25, -0.2) is 0 Å². The first kappa shape index (κ1) is 16.1. The molecule has 6 nitrogen and oxygen atoms in total.